The van der Waals surface area contributed by atoms with E-state index in [1.807, 2.05) is 0 Å². The first-order valence-corrected chi connectivity index (χ1v) is 9.12. The number of phenols is 1. The molecule has 1 aromatic rings. The summed E-state index contributed by atoms with van der Waals surface area (Å²) in [5.74, 6) is 0.607. The number of hydrogen-bond acceptors (Lipinski definition) is 4. The molecule has 1 N–H and O–H groups in total. The molecule has 1 spiro atoms. The van der Waals surface area contributed by atoms with Gasteiger partial charge in [0, 0.05) is 5.56 Å². The van der Waals surface area contributed by atoms with E-state index in [9.17, 15) is 13.9 Å². The molecule has 1 atom stereocenters. The molecule has 5 fully saturated rings. The average Bonchev–Trinajstić information content (AvgIpc) is 2.53. The van der Waals surface area contributed by atoms with Gasteiger partial charge in [0.05, 0.1) is 0 Å². The summed E-state index contributed by atoms with van der Waals surface area (Å²) in [6.07, 6.45) is 2.83. The summed E-state index contributed by atoms with van der Waals surface area (Å²) in [7, 11) is 0. The molecule has 4 saturated carbocycles. The van der Waals surface area contributed by atoms with Crippen LogP contribution in [0.4, 0.5) is 8.78 Å². The molecule has 0 radical (unpaired) electrons. The number of alkyl halides is 2. The number of hydrogen-bond donors (Lipinski definition) is 1. The van der Waals surface area contributed by atoms with Crippen LogP contribution in [0.5, 0.6) is 5.75 Å². The minimum absolute atomic E-state index is 0.0620. The molecule has 4 nitrogen and oxygen atoms in total. The van der Waals surface area contributed by atoms with Crippen molar-refractivity contribution in [3.63, 3.8) is 0 Å². The SMILES string of the molecule is Oc1cccc(C2(OCC(F)F)OOC23C2CC4CC(C2)CC3C4)c1. The van der Waals surface area contributed by atoms with E-state index in [4.69, 9.17) is 14.5 Å². The predicted octanol–water partition coefficient (Wildman–Crippen LogP) is 3.98. The Bertz CT molecular complexity index is 651. The number of ether oxygens (including phenoxy) is 1. The van der Waals surface area contributed by atoms with E-state index < -0.39 is 24.4 Å². The molecule has 4 bridgehead atoms. The first-order chi connectivity index (χ1) is 12.0. The molecule has 0 amide bonds. The summed E-state index contributed by atoms with van der Waals surface area (Å²) in [6, 6.07) is 6.54. The van der Waals surface area contributed by atoms with E-state index in [1.54, 1.807) is 24.3 Å². The fraction of sp³-hybridized carbons (Fsp3) is 0.684. The second kappa shape index (κ2) is 5.38. The van der Waals surface area contributed by atoms with Gasteiger partial charge in [-0.05, 0) is 67.9 Å². The second-order valence-electron chi connectivity index (χ2n) is 8.13. The Hall–Kier alpha value is -1.24. The molecule has 6 rings (SSSR count). The summed E-state index contributed by atoms with van der Waals surface area (Å²) in [6.45, 7) is -0.715. The molecule has 25 heavy (non-hydrogen) atoms. The van der Waals surface area contributed by atoms with Crippen molar-refractivity contribution >= 4 is 0 Å². The van der Waals surface area contributed by atoms with Crippen molar-refractivity contribution in [3.05, 3.63) is 29.8 Å². The molecule has 1 saturated heterocycles. The number of halogens is 2. The van der Waals surface area contributed by atoms with Crippen molar-refractivity contribution in [3.8, 4) is 5.75 Å². The molecule has 1 heterocycles. The van der Waals surface area contributed by atoms with Crippen molar-refractivity contribution in [2.24, 2.45) is 23.7 Å². The molecule has 1 aliphatic heterocycles. The maximum atomic E-state index is 13.0. The molecule has 5 aliphatic rings. The summed E-state index contributed by atoms with van der Waals surface area (Å²) in [5.41, 5.74) is -0.157. The number of rotatable bonds is 4. The van der Waals surface area contributed by atoms with E-state index in [2.05, 4.69) is 0 Å². The van der Waals surface area contributed by atoms with Crippen LogP contribution >= 0.6 is 0 Å². The Morgan fingerprint density at radius 1 is 1.08 bits per heavy atom. The standard InChI is InChI=1S/C19H22F2O4/c20-17(21)10-23-19(13-2-1-3-16(22)9-13)18(24-25-19)14-5-11-4-12(7-14)8-15(18)6-11/h1-3,9,11-12,14-15,17,22H,4-8,10H2. The molecule has 1 unspecified atom stereocenters. The van der Waals surface area contributed by atoms with Crippen LogP contribution in [0.15, 0.2) is 24.3 Å². The molecular weight excluding hydrogens is 330 g/mol. The molecule has 4 aliphatic carbocycles. The van der Waals surface area contributed by atoms with Crippen LogP contribution in [0.25, 0.3) is 0 Å². The molecular formula is C19H22F2O4. The van der Waals surface area contributed by atoms with Gasteiger partial charge in [-0.3, -0.25) is 0 Å². The van der Waals surface area contributed by atoms with Crippen LogP contribution in [-0.4, -0.2) is 23.7 Å². The Morgan fingerprint density at radius 3 is 2.28 bits per heavy atom. The Labute approximate surface area is 145 Å². The third-order valence-corrected chi connectivity index (χ3v) is 6.80. The van der Waals surface area contributed by atoms with Crippen molar-refractivity contribution in [2.75, 3.05) is 6.61 Å². The van der Waals surface area contributed by atoms with Crippen LogP contribution < -0.4 is 0 Å². The lowest BCUT2D eigenvalue weighted by Gasteiger charge is -2.68. The van der Waals surface area contributed by atoms with Crippen molar-refractivity contribution < 1.29 is 28.4 Å². The maximum absolute atomic E-state index is 13.0. The van der Waals surface area contributed by atoms with Crippen molar-refractivity contribution in [1.82, 2.24) is 0 Å². The van der Waals surface area contributed by atoms with E-state index in [-0.39, 0.29) is 17.6 Å². The highest BCUT2D eigenvalue weighted by atomic mass is 19.3. The highest BCUT2D eigenvalue weighted by molar-refractivity contribution is 5.35. The molecule has 136 valence electrons. The monoisotopic (exact) mass is 352 g/mol. The van der Waals surface area contributed by atoms with E-state index in [0.717, 1.165) is 25.7 Å². The first kappa shape index (κ1) is 16.0. The van der Waals surface area contributed by atoms with Gasteiger partial charge in [0.25, 0.3) is 12.2 Å². The van der Waals surface area contributed by atoms with Gasteiger partial charge in [-0.2, -0.15) is 4.89 Å². The van der Waals surface area contributed by atoms with Gasteiger partial charge < -0.3 is 9.84 Å². The number of benzene rings is 1. The summed E-state index contributed by atoms with van der Waals surface area (Å²) in [4.78, 5) is 11.3. The fourth-order valence-corrected chi connectivity index (χ4v) is 6.16. The van der Waals surface area contributed by atoms with Gasteiger partial charge >= 0.3 is 0 Å². The summed E-state index contributed by atoms with van der Waals surface area (Å²) in [5, 5.41) is 9.91. The fourth-order valence-electron chi connectivity index (χ4n) is 6.16. The van der Waals surface area contributed by atoms with Gasteiger partial charge in [-0.1, -0.05) is 12.1 Å². The van der Waals surface area contributed by atoms with Crippen molar-refractivity contribution in [2.45, 2.75) is 49.9 Å². The third-order valence-electron chi connectivity index (χ3n) is 6.80. The minimum Gasteiger partial charge on any atom is -0.508 e. The predicted molar refractivity (Wildman–Crippen MR) is 83.7 cm³/mol. The zero-order valence-electron chi connectivity index (χ0n) is 13.9. The Morgan fingerprint density at radius 2 is 1.76 bits per heavy atom. The number of aromatic hydroxyl groups is 1. The topological polar surface area (TPSA) is 47.9 Å². The summed E-state index contributed by atoms with van der Waals surface area (Å²) < 4.78 is 31.7. The van der Waals surface area contributed by atoms with Crippen LogP contribution in [0.1, 0.15) is 37.7 Å². The summed E-state index contributed by atoms with van der Waals surface area (Å²) >= 11 is 0. The Kier molecular flexibility index (Phi) is 3.44. The third kappa shape index (κ3) is 2.07. The highest BCUT2D eigenvalue weighted by Crippen LogP contribution is 2.69. The lowest BCUT2D eigenvalue weighted by molar-refractivity contribution is -0.649. The van der Waals surface area contributed by atoms with Crippen molar-refractivity contribution in [1.29, 1.82) is 0 Å². The molecule has 0 aromatic heterocycles. The van der Waals surface area contributed by atoms with Crippen LogP contribution in [0, 0.1) is 23.7 Å². The van der Waals surface area contributed by atoms with Crippen LogP contribution in [0.2, 0.25) is 0 Å². The number of phenolic OH excluding ortho intramolecular Hbond substituents is 1. The van der Waals surface area contributed by atoms with Gasteiger partial charge in [-0.15, -0.1) is 0 Å². The van der Waals surface area contributed by atoms with Crippen LogP contribution in [0.3, 0.4) is 0 Å². The van der Waals surface area contributed by atoms with E-state index >= 15 is 0 Å². The molecule has 1 aromatic carbocycles. The zero-order valence-corrected chi connectivity index (χ0v) is 13.9. The van der Waals surface area contributed by atoms with E-state index in [1.165, 1.54) is 6.42 Å². The second-order valence-corrected chi connectivity index (χ2v) is 8.13. The normalized spacial score (nSPS) is 44.4. The van der Waals surface area contributed by atoms with Gasteiger partial charge in [-0.25, -0.2) is 13.7 Å². The first-order valence-electron chi connectivity index (χ1n) is 9.12. The largest absolute Gasteiger partial charge is 0.508 e. The van der Waals surface area contributed by atoms with E-state index in [0.29, 0.717) is 17.4 Å². The minimum atomic E-state index is -2.59. The average molecular weight is 352 g/mol. The quantitative estimate of drug-likeness (QED) is 0.833. The zero-order chi connectivity index (χ0) is 17.2. The lowest BCUT2D eigenvalue weighted by Crippen LogP contribution is -2.76. The smallest absolute Gasteiger partial charge is 0.261 e. The maximum Gasteiger partial charge on any atom is 0.261 e. The highest BCUT2D eigenvalue weighted by Gasteiger charge is 2.76. The lowest BCUT2D eigenvalue weighted by atomic mass is 9.47. The Balaban J connectivity index is 1.59. The van der Waals surface area contributed by atoms with Crippen LogP contribution in [-0.2, 0) is 20.3 Å². The molecule has 6 heteroatoms. The van der Waals surface area contributed by atoms with Gasteiger partial charge in [0.1, 0.15) is 12.4 Å². The van der Waals surface area contributed by atoms with Gasteiger partial charge in [0.2, 0.25) is 0 Å². The van der Waals surface area contributed by atoms with Gasteiger partial charge in [0.15, 0.2) is 5.60 Å².